The van der Waals surface area contributed by atoms with Crippen molar-refractivity contribution >= 4 is 5.78 Å². The van der Waals surface area contributed by atoms with Gasteiger partial charge < -0.3 is 9.47 Å². The Morgan fingerprint density at radius 3 is 2.50 bits per heavy atom. The van der Waals surface area contributed by atoms with E-state index in [1.807, 2.05) is 0 Å². The van der Waals surface area contributed by atoms with Crippen LogP contribution in [0.15, 0.2) is 11.8 Å². The Bertz CT molecular complexity index is 138. The summed E-state index contributed by atoms with van der Waals surface area (Å²) in [4.78, 5) is 10.4. The Labute approximate surface area is 60.6 Å². The van der Waals surface area contributed by atoms with Gasteiger partial charge in [0.25, 0.3) is 0 Å². The van der Waals surface area contributed by atoms with Gasteiger partial charge in [-0.1, -0.05) is 0 Å². The number of ether oxygens (including phenoxy) is 2. The predicted molar refractivity (Wildman–Crippen MR) is 37.4 cm³/mol. The van der Waals surface area contributed by atoms with E-state index in [1.54, 1.807) is 6.92 Å². The SMILES string of the molecule is COCO/C(C)=C\C(C)=O. The van der Waals surface area contributed by atoms with E-state index in [0.29, 0.717) is 5.76 Å². The zero-order valence-electron chi connectivity index (χ0n) is 6.51. The second-order valence-electron chi connectivity index (χ2n) is 1.92. The molecule has 58 valence electrons. The maximum Gasteiger partial charge on any atom is 0.188 e. The summed E-state index contributed by atoms with van der Waals surface area (Å²) >= 11 is 0. The van der Waals surface area contributed by atoms with Crippen LogP contribution in [-0.4, -0.2) is 19.7 Å². The second-order valence-corrected chi connectivity index (χ2v) is 1.92. The smallest absolute Gasteiger partial charge is 0.188 e. The number of ketones is 1. The first kappa shape index (κ1) is 9.17. The minimum atomic E-state index is -0.0198. The lowest BCUT2D eigenvalue weighted by Crippen LogP contribution is -1.95. The zero-order chi connectivity index (χ0) is 7.98. The van der Waals surface area contributed by atoms with Gasteiger partial charge in [-0.15, -0.1) is 0 Å². The Morgan fingerprint density at radius 1 is 1.50 bits per heavy atom. The number of hydrogen-bond donors (Lipinski definition) is 0. The van der Waals surface area contributed by atoms with Crippen LogP contribution in [0.25, 0.3) is 0 Å². The van der Waals surface area contributed by atoms with E-state index in [0.717, 1.165) is 0 Å². The number of carbonyl (C=O) groups excluding carboxylic acids is 1. The highest BCUT2D eigenvalue weighted by molar-refractivity contribution is 5.87. The lowest BCUT2D eigenvalue weighted by Gasteiger charge is -2.02. The van der Waals surface area contributed by atoms with Gasteiger partial charge in [0.1, 0.15) is 0 Å². The Balaban J connectivity index is 3.60. The molecule has 0 aliphatic rings. The molecule has 0 saturated carbocycles. The molecule has 0 unspecified atom stereocenters. The van der Waals surface area contributed by atoms with Crippen LogP contribution in [0.4, 0.5) is 0 Å². The highest BCUT2D eigenvalue weighted by Crippen LogP contribution is 1.94. The minimum absolute atomic E-state index is 0.0198. The Morgan fingerprint density at radius 2 is 2.10 bits per heavy atom. The molecule has 0 radical (unpaired) electrons. The van der Waals surface area contributed by atoms with Crippen molar-refractivity contribution in [1.29, 1.82) is 0 Å². The lowest BCUT2D eigenvalue weighted by atomic mass is 10.4. The molecular weight excluding hydrogens is 132 g/mol. The first-order valence-electron chi connectivity index (χ1n) is 2.97. The van der Waals surface area contributed by atoms with Crippen LogP contribution in [-0.2, 0) is 14.3 Å². The van der Waals surface area contributed by atoms with Gasteiger partial charge in [0.05, 0.1) is 5.76 Å². The third-order valence-corrected chi connectivity index (χ3v) is 0.811. The van der Waals surface area contributed by atoms with Crippen LogP contribution < -0.4 is 0 Å². The van der Waals surface area contributed by atoms with Gasteiger partial charge in [-0.05, 0) is 13.8 Å². The molecular formula is C7H12O3. The summed E-state index contributed by atoms with van der Waals surface area (Å²) in [7, 11) is 1.53. The third-order valence-electron chi connectivity index (χ3n) is 0.811. The molecule has 0 aliphatic heterocycles. The summed E-state index contributed by atoms with van der Waals surface area (Å²) in [6.45, 7) is 3.37. The van der Waals surface area contributed by atoms with Crippen molar-refractivity contribution in [2.45, 2.75) is 13.8 Å². The number of methoxy groups -OCH3 is 1. The first-order chi connectivity index (χ1) is 4.66. The predicted octanol–water partition coefficient (Wildman–Crippen LogP) is 1.10. The van der Waals surface area contributed by atoms with Crippen LogP contribution >= 0.6 is 0 Å². The third kappa shape index (κ3) is 5.31. The Kier molecular flexibility index (Phi) is 4.58. The van der Waals surface area contributed by atoms with Crippen LogP contribution in [0.3, 0.4) is 0 Å². The fourth-order valence-corrected chi connectivity index (χ4v) is 0.480. The first-order valence-corrected chi connectivity index (χ1v) is 2.97. The number of hydrogen-bond acceptors (Lipinski definition) is 3. The molecule has 0 spiro atoms. The standard InChI is InChI=1S/C7H12O3/c1-6(8)4-7(2)10-5-9-3/h4H,5H2,1-3H3/b7-4-. The fraction of sp³-hybridized carbons (Fsp3) is 0.571. The molecule has 0 N–H and O–H groups in total. The quantitative estimate of drug-likeness (QED) is 0.336. The van der Waals surface area contributed by atoms with Gasteiger partial charge in [0, 0.05) is 13.2 Å². The number of carbonyl (C=O) groups is 1. The van der Waals surface area contributed by atoms with Crippen molar-refractivity contribution in [1.82, 2.24) is 0 Å². The fourth-order valence-electron chi connectivity index (χ4n) is 0.480. The summed E-state index contributed by atoms with van der Waals surface area (Å²) in [5, 5.41) is 0. The second kappa shape index (κ2) is 4.99. The van der Waals surface area contributed by atoms with Gasteiger partial charge in [-0.25, -0.2) is 0 Å². The van der Waals surface area contributed by atoms with E-state index in [1.165, 1.54) is 20.1 Å². The summed E-state index contributed by atoms with van der Waals surface area (Å²) < 4.78 is 9.54. The van der Waals surface area contributed by atoms with E-state index in [9.17, 15) is 4.79 Å². The maximum absolute atomic E-state index is 10.4. The monoisotopic (exact) mass is 144 g/mol. The molecule has 0 heterocycles. The van der Waals surface area contributed by atoms with Crippen LogP contribution in [0.2, 0.25) is 0 Å². The Hall–Kier alpha value is -0.830. The molecule has 0 amide bonds. The maximum atomic E-state index is 10.4. The van der Waals surface area contributed by atoms with Gasteiger partial charge in [0.15, 0.2) is 12.6 Å². The summed E-state index contributed by atoms with van der Waals surface area (Å²) in [5.41, 5.74) is 0. The molecule has 0 rings (SSSR count). The van der Waals surface area contributed by atoms with Crippen molar-refractivity contribution in [3.8, 4) is 0 Å². The van der Waals surface area contributed by atoms with E-state index in [4.69, 9.17) is 4.74 Å². The molecule has 3 nitrogen and oxygen atoms in total. The molecule has 3 heteroatoms. The highest BCUT2D eigenvalue weighted by Gasteiger charge is 1.90. The topological polar surface area (TPSA) is 35.5 Å². The van der Waals surface area contributed by atoms with E-state index >= 15 is 0 Å². The molecule has 0 saturated heterocycles. The summed E-state index contributed by atoms with van der Waals surface area (Å²) in [6.07, 6.45) is 1.42. The molecule has 0 atom stereocenters. The minimum Gasteiger partial charge on any atom is -0.472 e. The molecule has 0 fully saturated rings. The molecule has 0 aromatic rings. The van der Waals surface area contributed by atoms with Gasteiger partial charge in [-0.3, -0.25) is 4.79 Å². The van der Waals surface area contributed by atoms with Crippen molar-refractivity contribution < 1.29 is 14.3 Å². The van der Waals surface area contributed by atoms with E-state index < -0.39 is 0 Å². The van der Waals surface area contributed by atoms with E-state index in [2.05, 4.69) is 4.74 Å². The van der Waals surface area contributed by atoms with Gasteiger partial charge in [0.2, 0.25) is 0 Å². The van der Waals surface area contributed by atoms with Gasteiger partial charge in [-0.2, -0.15) is 0 Å². The molecule has 10 heavy (non-hydrogen) atoms. The van der Waals surface area contributed by atoms with Crippen molar-refractivity contribution in [2.24, 2.45) is 0 Å². The van der Waals surface area contributed by atoms with Crippen molar-refractivity contribution in [3.05, 3.63) is 11.8 Å². The highest BCUT2D eigenvalue weighted by atomic mass is 16.7. The summed E-state index contributed by atoms with van der Waals surface area (Å²) in [5.74, 6) is 0.558. The number of allylic oxidation sites excluding steroid dienone is 2. The van der Waals surface area contributed by atoms with Crippen molar-refractivity contribution in [3.63, 3.8) is 0 Å². The average Bonchev–Trinajstić information content (AvgIpc) is 1.82. The molecule has 0 aromatic carbocycles. The average molecular weight is 144 g/mol. The van der Waals surface area contributed by atoms with Crippen LogP contribution in [0, 0.1) is 0 Å². The van der Waals surface area contributed by atoms with E-state index in [-0.39, 0.29) is 12.6 Å². The lowest BCUT2D eigenvalue weighted by molar-refractivity contribution is -0.112. The normalized spacial score (nSPS) is 11.3. The zero-order valence-corrected chi connectivity index (χ0v) is 6.51. The molecule has 0 aliphatic carbocycles. The van der Waals surface area contributed by atoms with Crippen LogP contribution in [0.5, 0.6) is 0 Å². The number of rotatable bonds is 4. The van der Waals surface area contributed by atoms with Crippen molar-refractivity contribution in [2.75, 3.05) is 13.9 Å². The van der Waals surface area contributed by atoms with Crippen LogP contribution in [0.1, 0.15) is 13.8 Å². The van der Waals surface area contributed by atoms with Gasteiger partial charge >= 0.3 is 0 Å². The molecule has 0 aromatic heterocycles. The molecule has 0 bridgehead atoms. The largest absolute Gasteiger partial charge is 0.472 e. The summed E-state index contributed by atoms with van der Waals surface area (Å²) in [6, 6.07) is 0.